The number of halogens is 2. The lowest BCUT2D eigenvalue weighted by molar-refractivity contribution is -0.286. The van der Waals surface area contributed by atoms with Gasteiger partial charge < -0.3 is 20.5 Å². The summed E-state index contributed by atoms with van der Waals surface area (Å²) in [5.74, 6) is -0.573. The molecular weight excluding hydrogens is 282 g/mol. The Bertz CT molecular complexity index is 565. The quantitative estimate of drug-likeness (QED) is 0.879. The van der Waals surface area contributed by atoms with Crippen LogP contribution in [0.5, 0.6) is 11.5 Å². The van der Waals surface area contributed by atoms with E-state index in [0.717, 1.165) is 25.7 Å². The van der Waals surface area contributed by atoms with E-state index in [2.05, 4.69) is 14.8 Å². The molecule has 2 aliphatic rings. The number of rotatable bonds is 2. The summed E-state index contributed by atoms with van der Waals surface area (Å²) in [7, 11) is 0. The average Bonchev–Trinajstić information content (AvgIpc) is 2.72. The number of carbonyl (C=O) groups excluding carboxylic acids is 1. The molecule has 0 spiro atoms. The van der Waals surface area contributed by atoms with Crippen molar-refractivity contribution in [2.24, 2.45) is 11.7 Å². The second kappa shape index (κ2) is 5.14. The second-order valence-electron chi connectivity index (χ2n) is 5.37. The van der Waals surface area contributed by atoms with Crippen molar-refractivity contribution >= 4 is 11.6 Å². The molecule has 5 nitrogen and oxygen atoms in total. The van der Waals surface area contributed by atoms with Gasteiger partial charge in [0.05, 0.1) is 5.92 Å². The Balaban J connectivity index is 1.70. The molecule has 1 amide bonds. The maximum Gasteiger partial charge on any atom is 0.586 e. The highest BCUT2D eigenvalue weighted by Gasteiger charge is 2.43. The first-order valence-corrected chi connectivity index (χ1v) is 6.91. The van der Waals surface area contributed by atoms with Crippen molar-refractivity contribution in [3.05, 3.63) is 18.2 Å². The summed E-state index contributed by atoms with van der Waals surface area (Å²) in [5, 5.41) is 2.70. The molecule has 0 radical (unpaired) electrons. The number of anilines is 1. The second-order valence-corrected chi connectivity index (χ2v) is 5.37. The third-order valence-electron chi connectivity index (χ3n) is 3.82. The summed E-state index contributed by atoms with van der Waals surface area (Å²) in [4.78, 5) is 12.2. The molecule has 0 saturated heterocycles. The Morgan fingerprint density at radius 3 is 2.71 bits per heavy atom. The van der Waals surface area contributed by atoms with E-state index in [1.165, 1.54) is 18.2 Å². The van der Waals surface area contributed by atoms with Crippen LogP contribution in [0.4, 0.5) is 14.5 Å². The maximum absolute atomic E-state index is 12.9. The molecule has 2 atom stereocenters. The predicted molar refractivity (Wildman–Crippen MR) is 71.2 cm³/mol. The molecule has 1 aliphatic heterocycles. The van der Waals surface area contributed by atoms with E-state index in [0.29, 0.717) is 5.69 Å². The fraction of sp³-hybridized carbons (Fsp3) is 0.500. The Morgan fingerprint density at radius 2 is 1.95 bits per heavy atom. The van der Waals surface area contributed by atoms with Gasteiger partial charge in [0, 0.05) is 17.8 Å². The lowest BCUT2D eigenvalue weighted by Gasteiger charge is -2.27. The predicted octanol–water partition coefficient (Wildman–Crippen LogP) is 2.46. The van der Waals surface area contributed by atoms with E-state index < -0.39 is 6.29 Å². The monoisotopic (exact) mass is 298 g/mol. The molecule has 3 rings (SSSR count). The van der Waals surface area contributed by atoms with Gasteiger partial charge in [-0.3, -0.25) is 4.79 Å². The number of hydrogen-bond acceptors (Lipinski definition) is 4. The Kier molecular flexibility index (Phi) is 3.44. The zero-order valence-electron chi connectivity index (χ0n) is 11.3. The van der Waals surface area contributed by atoms with E-state index >= 15 is 0 Å². The van der Waals surface area contributed by atoms with E-state index in [1.807, 2.05) is 0 Å². The standard InChI is InChI=1S/C14H16F2N2O3/c15-14(16)20-11-6-5-8(7-12(11)21-14)18-13(19)9-3-1-2-4-10(9)17/h5-7,9-10H,1-4,17H2,(H,18,19). The summed E-state index contributed by atoms with van der Waals surface area (Å²) >= 11 is 0. The van der Waals surface area contributed by atoms with Crippen LogP contribution in [0.2, 0.25) is 0 Å². The van der Waals surface area contributed by atoms with E-state index in [9.17, 15) is 13.6 Å². The molecule has 21 heavy (non-hydrogen) atoms. The van der Waals surface area contributed by atoms with E-state index in [-0.39, 0.29) is 29.4 Å². The van der Waals surface area contributed by atoms with Crippen molar-refractivity contribution in [2.75, 3.05) is 5.32 Å². The highest BCUT2D eigenvalue weighted by Crippen LogP contribution is 2.42. The molecule has 114 valence electrons. The number of nitrogens with one attached hydrogen (secondary N) is 1. The van der Waals surface area contributed by atoms with Crippen LogP contribution in [-0.2, 0) is 4.79 Å². The van der Waals surface area contributed by atoms with Crippen molar-refractivity contribution < 1.29 is 23.0 Å². The molecule has 1 aromatic carbocycles. The van der Waals surface area contributed by atoms with Crippen LogP contribution in [0.3, 0.4) is 0 Å². The molecule has 1 heterocycles. The number of ether oxygens (including phenoxy) is 2. The number of nitrogens with two attached hydrogens (primary N) is 1. The number of benzene rings is 1. The normalized spacial score (nSPS) is 26.4. The molecule has 1 aliphatic carbocycles. The van der Waals surface area contributed by atoms with Crippen LogP contribution in [0, 0.1) is 5.92 Å². The van der Waals surface area contributed by atoms with Crippen LogP contribution in [0.25, 0.3) is 0 Å². The Labute approximate surface area is 120 Å². The fourth-order valence-corrected chi connectivity index (χ4v) is 2.75. The number of alkyl halides is 2. The molecule has 1 aromatic rings. The highest BCUT2D eigenvalue weighted by atomic mass is 19.3. The molecule has 1 fully saturated rings. The first kappa shape index (κ1) is 14.1. The zero-order valence-corrected chi connectivity index (χ0v) is 11.3. The SMILES string of the molecule is NC1CCCCC1C(=O)Nc1ccc2c(c1)OC(F)(F)O2. The van der Waals surface area contributed by atoms with Gasteiger partial charge in [-0.25, -0.2) is 0 Å². The van der Waals surface area contributed by atoms with Gasteiger partial charge in [0.1, 0.15) is 0 Å². The third kappa shape index (κ3) is 2.92. The average molecular weight is 298 g/mol. The molecule has 0 aromatic heterocycles. The maximum atomic E-state index is 12.9. The molecule has 7 heteroatoms. The van der Waals surface area contributed by atoms with Gasteiger partial charge in [0.25, 0.3) is 0 Å². The zero-order chi connectivity index (χ0) is 15.0. The van der Waals surface area contributed by atoms with Crippen LogP contribution in [0.1, 0.15) is 25.7 Å². The Morgan fingerprint density at radius 1 is 1.24 bits per heavy atom. The van der Waals surface area contributed by atoms with Gasteiger partial charge in [-0.05, 0) is 25.0 Å². The van der Waals surface area contributed by atoms with Gasteiger partial charge >= 0.3 is 6.29 Å². The number of hydrogen-bond donors (Lipinski definition) is 2. The van der Waals surface area contributed by atoms with Crippen molar-refractivity contribution in [3.63, 3.8) is 0 Å². The molecule has 0 bridgehead atoms. The summed E-state index contributed by atoms with van der Waals surface area (Å²) in [6.45, 7) is 0. The largest absolute Gasteiger partial charge is 0.586 e. The number of carbonyl (C=O) groups is 1. The minimum absolute atomic E-state index is 0.0487. The lowest BCUT2D eigenvalue weighted by atomic mass is 9.84. The third-order valence-corrected chi connectivity index (χ3v) is 3.82. The van der Waals surface area contributed by atoms with Gasteiger partial charge in [-0.1, -0.05) is 12.8 Å². The topological polar surface area (TPSA) is 73.6 Å². The van der Waals surface area contributed by atoms with E-state index in [1.54, 1.807) is 0 Å². The molecular formula is C14H16F2N2O3. The van der Waals surface area contributed by atoms with Crippen LogP contribution in [-0.4, -0.2) is 18.2 Å². The highest BCUT2D eigenvalue weighted by molar-refractivity contribution is 5.93. The summed E-state index contributed by atoms with van der Waals surface area (Å²) in [6, 6.07) is 4.00. The number of fused-ring (bicyclic) bond motifs is 1. The smallest absolute Gasteiger partial charge is 0.395 e. The van der Waals surface area contributed by atoms with Gasteiger partial charge in [-0.2, -0.15) is 0 Å². The minimum Gasteiger partial charge on any atom is -0.395 e. The van der Waals surface area contributed by atoms with Crippen LogP contribution >= 0.6 is 0 Å². The van der Waals surface area contributed by atoms with Crippen LogP contribution < -0.4 is 20.5 Å². The van der Waals surface area contributed by atoms with Gasteiger partial charge in [0.2, 0.25) is 5.91 Å². The molecule has 3 N–H and O–H groups in total. The van der Waals surface area contributed by atoms with Gasteiger partial charge in [-0.15, -0.1) is 8.78 Å². The minimum atomic E-state index is -3.66. The first-order chi connectivity index (χ1) is 9.94. The van der Waals surface area contributed by atoms with Crippen molar-refractivity contribution in [2.45, 2.75) is 38.0 Å². The van der Waals surface area contributed by atoms with Crippen molar-refractivity contribution in [1.29, 1.82) is 0 Å². The first-order valence-electron chi connectivity index (χ1n) is 6.91. The fourth-order valence-electron chi connectivity index (χ4n) is 2.75. The van der Waals surface area contributed by atoms with Crippen molar-refractivity contribution in [1.82, 2.24) is 0 Å². The summed E-state index contributed by atoms with van der Waals surface area (Å²) in [6.07, 6.45) is -0.0824. The Hall–Kier alpha value is -1.89. The van der Waals surface area contributed by atoms with E-state index in [4.69, 9.17) is 5.73 Å². The summed E-state index contributed by atoms with van der Waals surface area (Å²) in [5.41, 5.74) is 6.34. The van der Waals surface area contributed by atoms with Crippen LogP contribution in [0.15, 0.2) is 18.2 Å². The molecule has 1 saturated carbocycles. The summed E-state index contributed by atoms with van der Waals surface area (Å²) < 4.78 is 34.5. The van der Waals surface area contributed by atoms with Gasteiger partial charge in [0.15, 0.2) is 11.5 Å². The van der Waals surface area contributed by atoms with Crippen molar-refractivity contribution in [3.8, 4) is 11.5 Å². The lowest BCUT2D eigenvalue weighted by Crippen LogP contribution is -2.40. The molecule has 2 unspecified atom stereocenters. The number of amides is 1.